The number of hydrogen-bond acceptors (Lipinski definition) is 2. The van der Waals surface area contributed by atoms with Crippen LogP contribution in [0.2, 0.25) is 0 Å². The van der Waals surface area contributed by atoms with Crippen LogP contribution in [0, 0.1) is 5.41 Å². The Morgan fingerprint density at radius 3 is 2.29 bits per heavy atom. The van der Waals surface area contributed by atoms with Crippen molar-refractivity contribution in [3.63, 3.8) is 0 Å². The van der Waals surface area contributed by atoms with E-state index in [2.05, 4.69) is 33.0 Å². The molecule has 0 aromatic rings. The van der Waals surface area contributed by atoms with Crippen LogP contribution in [-0.2, 0) is 4.74 Å². The van der Waals surface area contributed by atoms with E-state index in [4.69, 9.17) is 16.3 Å². The fraction of sp³-hybridized carbons (Fsp3) is 1.00. The van der Waals surface area contributed by atoms with Crippen molar-refractivity contribution in [2.24, 2.45) is 5.41 Å². The quantitative estimate of drug-likeness (QED) is 0.697. The fourth-order valence-corrected chi connectivity index (χ4v) is 1.74. The average molecular weight is 222 g/mol. The zero-order valence-corrected chi connectivity index (χ0v) is 10.8. The van der Waals surface area contributed by atoms with Crippen molar-refractivity contribution >= 4 is 11.6 Å². The summed E-state index contributed by atoms with van der Waals surface area (Å²) in [5.74, 6) is 0.703. The minimum absolute atomic E-state index is 0.247. The molecule has 2 atom stereocenters. The van der Waals surface area contributed by atoms with Gasteiger partial charge in [-0.05, 0) is 18.8 Å². The van der Waals surface area contributed by atoms with E-state index in [1.165, 1.54) is 0 Å². The molecule has 0 spiro atoms. The van der Waals surface area contributed by atoms with E-state index >= 15 is 0 Å². The van der Waals surface area contributed by atoms with Crippen molar-refractivity contribution < 1.29 is 4.74 Å². The number of alkyl halides is 1. The molecule has 2 nitrogen and oxygen atoms in total. The highest BCUT2D eigenvalue weighted by Gasteiger charge is 2.24. The Bertz CT molecular complexity index is 145. The van der Waals surface area contributed by atoms with Crippen molar-refractivity contribution in [1.29, 1.82) is 0 Å². The summed E-state index contributed by atoms with van der Waals surface area (Å²) in [6.07, 6.45) is 0.999. The third-order valence-corrected chi connectivity index (χ3v) is 2.56. The van der Waals surface area contributed by atoms with E-state index in [0.29, 0.717) is 18.0 Å². The van der Waals surface area contributed by atoms with Gasteiger partial charge in [0.2, 0.25) is 0 Å². The molecular formula is C11H24ClNO. The molecule has 0 bridgehead atoms. The minimum atomic E-state index is 0.247. The molecule has 0 rings (SSSR count). The van der Waals surface area contributed by atoms with E-state index in [-0.39, 0.29) is 5.41 Å². The second-order valence-electron chi connectivity index (χ2n) is 4.92. The van der Waals surface area contributed by atoms with Gasteiger partial charge in [0.15, 0.2) is 0 Å². The molecule has 3 heteroatoms. The Balaban J connectivity index is 4.09. The van der Waals surface area contributed by atoms with Crippen LogP contribution in [0.1, 0.15) is 34.1 Å². The van der Waals surface area contributed by atoms with Crippen LogP contribution >= 0.6 is 11.6 Å². The SMILES string of the molecule is COCC(C)NC(CCCl)C(C)(C)C. The molecule has 14 heavy (non-hydrogen) atoms. The van der Waals surface area contributed by atoms with Crippen LogP contribution in [0.4, 0.5) is 0 Å². The molecule has 0 aliphatic rings. The average Bonchev–Trinajstić information content (AvgIpc) is 2.02. The molecule has 0 heterocycles. The number of nitrogens with one attached hydrogen (secondary N) is 1. The zero-order chi connectivity index (χ0) is 11.2. The fourth-order valence-electron chi connectivity index (χ4n) is 1.52. The predicted octanol–water partition coefficient (Wildman–Crippen LogP) is 2.65. The van der Waals surface area contributed by atoms with E-state index in [9.17, 15) is 0 Å². The lowest BCUT2D eigenvalue weighted by Gasteiger charge is -2.33. The van der Waals surface area contributed by atoms with Crippen LogP contribution < -0.4 is 5.32 Å². The molecular weight excluding hydrogens is 198 g/mol. The summed E-state index contributed by atoms with van der Waals surface area (Å²) in [6, 6.07) is 0.831. The Morgan fingerprint density at radius 2 is 1.93 bits per heavy atom. The standard InChI is InChI=1S/C11H24ClNO/c1-9(8-14-5)13-10(6-7-12)11(2,3)4/h9-10,13H,6-8H2,1-5H3. The van der Waals surface area contributed by atoms with Gasteiger partial charge in [0.05, 0.1) is 6.61 Å². The third kappa shape index (κ3) is 5.84. The molecule has 0 aromatic carbocycles. The van der Waals surface area contributed by atoms with Crippen LogP contribution in [0.5, 0.6) is 0 Å². The zero-order valence-electron chi connectivity index (χ0n) is 10.1. The summed E-state index contributed by atoms with van der Waals surface area (Å²) in [5, 5.41) is 3.55. The first kappa shape index (κ1) is 14.2. The van der Waals surface area contributed by atoms with Crippen LogP contribution in [-0.4, -0.2) is 31.7 Å². The largest absolute Gasteiger partial charge is 0.383 e. The van der Waals surface area contributed by atoms with E-state index in [1.54, 1.807) is 7.11 Å². The molecule has 0 amide bonds. The van der Waals surface area contributed by atoms with Crippen LogP contribution in [0.25, 0.3) is 0 Å². The number of hydrogen-bond donors (Lipinski definition) is 1. The van der Waals surface area contributed by atoms with Crippen molar-refractivity contribution in [3.8, 4) is 0 Å². The summed E-state index contributed by atoms with van der Waals surface area (Å²) < 4.78 is 5.10. The van der Waals surface area contributed by atoms with Gasteiger partial charge in [-0.2, -0.15) is 0 Å². The maximum atomic E-state index is 5.79. The number of rotatable bonds is 6. The highest BCUT2D eigenvalue weighted by molar-refractivity contribution is 6.17. The van der Waals surface area contributed by atoms with Gasteiger partial charge < -0.3 is 10.1 Å². The normalized spacial score (nSPS) is 16.7. The Morgan fingerprint density at radius 1 is 1.36 bits per heavy atom. The van der Waals surface area contributed by atoms with Gasteiger partial charge in [0, 0.05) is 25.1 Å². The maximum absolute atomic E-state index is 5.79. The van der Waals surface area contributed by atoms with Crippen molar-refractivity contribution in [1.82, 2.24) is 5.32 Å². The van der Waals surface area contributed by atoms with Gasteiger partial charge in [0.25, 0.3) is 0 Å². The van der Waals surface area contributed by atoms with E-state index < -0.39 is 0 Å². The van der Waals surface area contributed by atoms with Crippen molar-refractivity contribution in [3.05, 3.63) is 0 Å². The number of ether oxygens (including phenoxy) is 1. The Kier molecular flexibility index (Phi) is 6.75. The van der Waals surface area contributed by atoms with Gasteiger partial charge in [-0.1, -0.05) is 20.8 Å². The second kappa shape index (κ2) is 6.65. The second-order valence-corrected chi connectivity index (χ2v) is 5.30. The molecule has 86 valence electrons. The molecule has 0 aliphatic carbocycles. The lowest BCUT2D eigenvalue weighted by atomic mass is 9.85. The topological polar surface area (TPSA) is 21.3 Å². The van der Waals surface area contributed by atoms with Gasteiger partial charge in [-0.3, -0.25) is 0 Å². The predicted molar refractivity (Wildman–Crippen MR) is 63.1 cm³/mol. The molecule has 0 fully saturated rings. The number of halogens is 1. The first-order valence-corrected chi connectivity index (χ1v) is 5.76. The first-order chi connectivity index (χ1) is 6.41. The monoisotopic (exact) mass is 221 g/mol. The van der Waals surface area contributed by atoms with Gasteiger partial charge in [0.1, 0.15) is 0 Å². The van der Waals surface area contributed by atoms with Crippen molar-refractivity contribution in [2.45, 2.75) is 46.2 Å². The minimum Gasteiger partial charge on any atom is -0.383 e. The van der Waals surface area contributed by atoms with Crippen LogP contribution in [0.15, 0.2) is 0 Å². The van der Waals surface area contributed by atoms with E-state index in [0.717, 1.165) is 13.0 Å². The molecule has 0 saturated carbocycles. The third-order valence-electron chi connectivity index (χ3n) is 2.35. The summed E-state index contributed by atoms with van der Waals surface area (Å²) in [4.78, 5) is 0. The summed E-state index contributed by atoms with van der Waals surface area (Å²) in [6.45, 7) is 9.58. The molecule has 0 saturated heterocycles. The lowest BCUT2D eigenvalue weighted by molar-refractivity contribution is 0.148. The maximum Gasteiger partial charge on any atom is 0.0613 e. The van der Waals surface area contributed by atoms with Gasteiger partial charge >= 0.3 is 0 Å². The highest BCUT2D eigenvalue weighted by atomic mass is 35.5. The summed E-state index contributed by atoms with van der Waals surface area (Å²) >= 11 is 5.79. The molecule has 0 aliphatic heterocycles. The van der Waals surface area contributed by atoms with E-state index in [1.807, 2.05) is 0 Å². The van der Waals surface area contributed by atoms with Crippen LogP contribution in [0.3, 0.4) is 0 Å². The molecule has 0 radical (unpaired) electrons. The number of methoxy groups -OCH3 is 1. The summed E-state index contributed by atoms with van der Waals surface area (Å²) in [7, 11) is 1.73. The Hall–Kier alpha value is 0.210. The molecule has 0 aromatic heterocycles. The Labute approximate surface area is 93.4 Å². The van der Waals surface area contributed by atoms with Crippen molar-refractivity contribution in [2.75, 3.05) is 19.6 Å². The molecule has 1 N–H and O–H groups in total. The summed E-state index contributed by atoms with van der Waals surface area (Å²) in [5.41, 5.74) is 0.247. The van der Waals surface area contributed by atoms with Gasteiger partial charge in [-0.15, -0.1) is 11.6 Å². The molecule has 2 unspecified atom stereocenters. The van der Waals surface area contributed by atoms with Gasteiger partial charge in [-0.25, -0.2) is 0 Å². The lowest BCUT2D eigenvalue weighted by Crippen LogP contribution is -2.46. The first-order valence-electron chi connectivity index (χ1n) is 5.22. The highest BCUT2D eigenvalue weighted by Crippen LogP contribution is 2.22. The smallest absolute Gasteiger partial charge is 0.0613 e.